The lowest BCUT2D eigenvalue weighted by Crippen LogP contribution is -2.31. The summed E-state index contributed by atoms with van der Waals surface area (Å²) in [5, 5.41) is 3.76. The van der Waals surface area contributed by atoms with E-state index in [0.717, 1.165) is 41.1 Å². The molecule has 0 heterocycles. The Kier molecular flexibility index (Phi) is 6.70. The van der Waals surface area contributed by atoms with E-state index in [4.69, 9.17) is 4.99 Å². The summed E-state index contributed by atoms with van der Waals surface area (Å²) in [4.78, 5) is 4.89. The molecule has 0 unspecified atom stereocenters. The van der Waals surface area contributed by atoms with Crippen LogP contribution in [0.3, 0.4) is 0 Å². The number of hydrogen-bond acceptors (Lipinski definition) is 3. The highest BCUT2D eigenvalue weighted by Gasteiger charge is 2.31. The van der Waals surface area contributed by atoms with Gasteiger partial charge in [-0.25, -0.2) is 0 Å². The van der Waals surface area contributed by atoms with Gasteiger partial charge in [0.15, 0.2) is 0 Å². The summed E-state index contributed by atoms with van der Waals surface area (Å²) in [5.74, 6) is -0.226. The van der Waals surface area contributed by atoms with E-state index in [1.807, 2.05) is 6.92 Å². The average Bonchev–Trinajstić information content (AvgIpc) is 3.49. The van der Waals surface area contributed by atoms with E-state index >= 15 is 0 Å². The van der Waals surface area contributed by atoms with E-state index in [0.29, 0.717) is 6.04 Å². The van der Waals surface area contributed by atoms with Gasteiger partial charge in [-0.2, -0.15) is 0 Å². The zero-order chi connectivity index (χ0) is 21.0. The molecule has 0 saturated heterocycles. The van der Waals surface area contributed by atoms with Gasteiger partial charge in [0, 0.05) is 11.8 Å². The Labute approximate surface area is 170 Å². The van der Waals surface area contributed by atoms with Crippen LogP contribution in [0.2, 0.25) is 0 Å². The van der Waals surface area contributed by atoms with Gasteiger partial charge in [-0.3, -0.25) is 4.99 Å². The van der Waals surface area contributed by atoms with Crippen LogP contribution in [0, 0.1) is 0 Å². The second kappa shape index (κ2) is 9.06. The minimum absolute atomic E-state index is 0.226. The molecule has 3 nitrogen and oxygen atoms in total. The van der Waals surface area contributed by atoms with E-state index in [1.54, 1.807) is 12.1 Å². The summed E-state index contributed by atoms with van der Waals surface area (Å²) < 4.78 is 41.0. The average molecular weight is 406 g/mol. The van der Waals surface area contributed by atoms with Gasteiger partial charge < -0.3 is 10.1 Å². The number of ether oxygens (including phenoxy) is 1. The first-order valence-electron chi connectivity index (χ1n) is 10.3. The highest BCUT2D eigenvalue weighted by Crippen LogP contribution is 2.36. The Hall–Kier alpha value is -2.24. The van der Waals surface area contributed by atoms with Gasteiger partial charge in [0.05, 0.1) is 11.4 Å². The second-order valence-electron chi connectivity index (χ2n) is 8.08. The van der Waals surface area contributed by atoms with Crippen molar-refractivity contribution in [3.63, 3.8) is 0 Å². The maximum atomic E-state index is 12.4. The maximum Gasteiger partial charge on any atom is 0.573 e. The number of hydrogen-bond donors (Lipinski definition) is 1. The molecule has 1 N–H and O–H groups in total. The number of nitrogens with zero attached hydrogens (tertiary/aromatic N) is 1. The molecule has 0 aliphatic heterocycles. The fraction of sp³-hybridized carbons (Fsp3) is 0.522. The summed E-state index contributed by atoms with van der Waals surface area (Å²) in [6.07, 6.45) is 3.74. The van der Waals surface area contributed by atoms with Crippen LogP contribution in [0.1, 0.15) is 71.3 Å². The number of halogens is 3. The molecule has 0 amide bonds. The van der Waals surface area contributed by atoms with Gasteiger partial charge in [0.2, 0.25) is 0 Å². The monoisotopic (exact) mass is 406 g/mol. The third-order valence-corrected chi connectivity index (χ3v) is 5.30. The van der Waals surface area contributed by atoms with Crippen LogP contribution in [0.5, 0.6) is 5.75 Å². The van der Waals surface area contributed by atoms with Gasteiger partial charge in [0.1, 0.15) is 5.75 Å². The number of alkyl halides is 3. The fourth-order valence-electron chi connectivity index (χ4n) is 3.65. The molecule has 0 bridgehead atoms. The number of allylic oxidation sites excluding steroid dienone is 2. The first-order valence-corrected chi connectivity index (χ1v) is 10.3. The lowest BCUT2D eigenvalue weighted by Gasteiger charge is -2.26. The van der Waals surface area contributed by atoms with Crippen molar-refractivity contribution in [3.05, 3.63) is 52.4 Å². The van der Waals surface area contributed by atoms with Crippen LogP contribution in [-0.2, 0) is 0 Å². The summed E-state index contributed by atoms with van der Waals surface area (Å²) >= 11 is 0. The molecule has 0 radical (unpaired) electrons. The number of nitrogens with one attached hydrogen (secondary N) is 1. The predicted octanol–water partition coefficient (Wildman–Crippen LogP) is 6.66. The van der Waals surface area contributed by atoms with E-state index in [1.165, 1.54) is 49.8 Å². The smallest absolute Gasteiger partial charge is 0.406 e. The minimum atomic E-state index is -4.68. The first kappa shape index (κ1) is 21.5. The molecule has 2 fully saturated rings. The zero-order valence-electron chi connectivity index (χ0n) is 17.3. The zero-order valence-corrected chi connectivity index (χ0v) is 17.3. The first-order chi connectivity index (χ1) is 13.7. The van der Waals surface area contributed by atoms with Crippen molar-refractivity contribution in [2.75, 3.05) is 0 Å². The molecule has 29 heavy (non-hydrogen) atoms. The quantitative estimate of drug-likeness (QED) is 0.536. The van der Waals surface area contributed by atoms with Crippen molar-refractivity contribution in [1.82, 2.24) is 5.32 Å². The molecular weight excluding hydrogens is 377 g/mol. The van der Waals surface area contributed by atoms with Gasteiger partial charge in [0.25, 0.3) is 0 Å². The summed E-state index contributed by atoms with van der Waals surface area (Å²) in [5.41, 5.74) is 6.20. The number of aliphatic imine (C=N–C) groups is 1. The van der Waals surface area contributed by atoms with Crippen LogP contribution < -0.4 is 10.1 Å². The molecule has 1 aromatic rings. The van der Waals surface area contributed by atoms with Gasteiger partial charge in [-0.15, -0.1) is 13.2 Å². The van der Waals surface area contributed by atoms with Crippen molar-refractivity contribution >= 4 is 5.71 Å². The van der Waals surface area contributed by atoms with Gasteiger partial charge in [-0.1, -0.05) is 19.3 Å². The molecule has 2 aliphatic rings. The normalized spacial score (nSPS) is 17.7. The molecule has 1 aromatic carbocycles. The third-order valence-electron chi connectivity index (χ3n) is 5.30. The summed E-state index contributed by atoms with van der Waals surface area (Å²) in [6, 6.07) is 6.37. The van der Waals surface area contributed by atoms with Crippen LogP contribution >= 0.6 is 0 Å². The molecule has 158 valence electrons. The van der Waals surface area contributed by atoms with Crippen LogP contribution in [0.15, 0.2) is 51.8 Å². The van der Waals surface area contributed by atoms with Crippen LogP contribution in [-0.4, -0.2) is 18.1 Å². The van der Waals surface area contributed by atoms with E-state index < -0.39 is 6.36 Å². The number of rotatable bonds is 6. The Morgan fingerprint density at radius 2 is 1.62 bits per heavy atom. The summed E-state index contributed by atoms with van der Waals surface area (Å²) in [7, 11) is 0. The van der Waals surface area contributed by atoms with Crippen LogP contribution in [0.25, 0.3) is 0 Å². The Bertz CT molecular complexity index is 804. The Balaban J connectivity index is 1.80. The van der Waals surface area contributed by atoms with Crippen molar-refractivity contribution in [3.8, 4) is 5.75 Å². The maximum absolute atomic E-state index is 12.4. The lowest BCUT2D eigenvalue weighted by molar-refractivity contribution is -0.274. The summed E-state index contributed by atoms with van der Waals surface area (Å²) in [6.45, 7) is 5.99. The highest BCUT2D eigenvalue weighted by atomic mass is 19.4. The van der Waals surface area contributed by atoms with Crippen molar-refractivity contribution < 1.29 is 17.9 Å². The molecule has 0 spiro atoms. The molecule has 0 aromatic heterocycles. The van der Waals surface area contributed by atoms with Gasteiger partial charge >= 0.3 is 6.36 Å². The molecule has 2 aliphatic carbocycles. The molecular formula is C23H29F3N2O. The third kappa shape index (κ3) is 6.38. The van der Waals surface area contributed by atoms with E-state index in [-0.39, 0.29) is 5.75 Å². The van der Waals surface area contributed by atoms with Crippen LogP contribution in [0.4, 0.5) is 13.2 Å². The Morgan fingerprint density at radius 1 is 1.00 bits per heavy atom. The fourth-order valence-corrected chi connectivity index (χ4v) is 3.65. The van der Waals surface area contributed by atoms with E-state index in [2.05, 4.69) is 23.9 Å². The molecule has 3 rings (SSSR count). The lowest BCUT2D eigenvalue weighted by atomic mass is 9.95. The van der Waals surface area contributed by atoms with E-state index in [9.17, 15) is 13.2 Å². The van der Waals surface area contributed by atoms with Crippen molar-refractivity contribution in [1.29, 1.82) is 0 Å². The highest BCUT2D eigenvalue weighted by molar-refractivity contribution is 5.99. The minimum Gasteiger partial charge on any atom is -0.406 e. The van der Waals surface area contributed by atoms with Crippen molar-refractivity contribution in [2.45, 2.75) is 78.1 Å². The molecule has 0 atom stereocenters. The largest absolute Gasteiger partial charge is 0.573 e. The van der Waals surface area contributed by atoms with Gasteiger partial charge in [-0.05, 0) is 87.4 Å². The Morgan fingerprint density at radius 3 is 2.14 bits per heavy atom. The SMILES string of the molecule is CC(=NC(=C(C)C)C(NC1CCCCC1)=C1CC1)c1ccc(OC(F)(F)F)cc1. The molecule has 6 heteroatoms. The van der Waals surface area contributed by atoms with Crippen molar-refractivity contribution in [2.24, 2.45) is 4.99 Å². The topological polar surface area (TPSA) is 33.6 Å². The predicted molar refractivity (Wildman–Crippen MR) is 110 cm³/mol. The standard InChI is InChI=1S/C23H29F3N2O/c1-15(2)21(22(18-9-10-18)28-19-7-5-4-6-8-19)27-16(3)17-11-13-20(14-12-17)29-23(24,25)26/h11-14,19,28H,4-10H2,1-3H3. The molecule has 2 saturated carbocycles. The number of benzene rings is 1. The second-order valence-corrected chi connectivity index (χ2v) is 8.08.